The third-order valence-electron chi connectivity index (χ3n) is 5.43. The molecule has 0 aliphatic carbocycles. The number of benzene rings is 1. The lowest BCUT2D eigenvalue weighted by atomic mass is 10.1. The molecule has 2 aromatic rings. The summed E-state index contributed by atoms with van der Waals surface area (Å²) in [6.07, 6.45) is 1.79. The zero-order valence-corrected chi connectivity index (χ0v) is 16.6. The quantitative estimate of drug-likeness (QED) is 0.726. The first-order valence-corrected chi connectivity index (χ1v) is 9.92. The van der Waals surface area contributed by atoms with Gasteiger partial charge >= 0.3 is 0 Å². The van der Waals surface area contributed by atoms with Gasteiger partial charge in [-0.2, -0.15) is 5.10 Å². The Morgan fingerprint density at radius 2 is 1.55 bits per heavy atom. The van der Waals surface area contributed by atoms with E-state index in [-0.39, 0.29) is 11.7 Å². The average Bonchev–Trinajstić information content (AvgIpc) is 2.79. The van der Waals surface area contributed by atoms with Crippen LogP contribution in [0.1, 0.15) is 27.6 Å². The molecule has 2 fully saturated rings. The molecule has 2 aliphatic rings. The van der Waals surface area contributed by atoms with E-state index in [4.69, 9.17) is 4.74 Å². The lowest BCUT2D eigenvalue weighted by Crippen LogP contribution is -2.49. The molecule has 0 unspecified atom stereocenters. The Kier molecular flexibility index (Phi) is 5.71. The monoisotopic (exact) mass is 395 g/mol. The first-order valence-electron chi connectivity index (χ1n) is 9.92. The molecule has 2 saturated heterocycles. The number of morpholine rings is 1. The Hall–Kier alpha value is -3.00. The molecule has 1 amide bonds. The number of aromatic nitrogens is 2. The van der Waals surface area contributed by atoms with Gasteiger partial charge in [-0.3, -0.25) is 9.59 Å². The van der Waals surface area contributed by atoms with Crippen molar-refractivity contribution in [3.8, 4) is 0 Å². The van der Waals surface area contributed by atoms with Crippen LogP contribution < -0.4 is 9.80 Å². The Labute approximate surface area is 170 Å². The number of hydrogen-bond acceptors (Lipinski definition) is 7. The van der Waals surface area contributed by atoms with Gasteiger partial charge in [0.2, 0.25) is 0 Å². The molecule has 8 heteroatoms. The van der Waals surface area contributed by atoms with Crippen LogP contribution in [0, 0.1) is 0 Å². The highest BCUT2D eigenvalue weighted by molar-refractivity contribution is 5.97. The van der Waals surface area contributed by atoms with Crippen molar-refractivity contribution in [3.63, 3.8) is 0 Å². The molecule has 4 rings (SSSR count). The zero-order valence-electron chi connectivity index (χ0n) is 16.6. The molecule has 0 radical (unpaired) electrons. The number of nitrogens with zero attached hydrogens (tertiary/aromatic N) is 5. The van der Waals surface area contributed by atoms with E-state index in [0.29, 0.717) is 37.3 Å². The van der Waals surface area contributed by atoms with E-state index in [1.165, 1.54) is 6.92 Å². The average molecular weight is 395 g/mol. The smallest absolute Gasteiger partial charge is 0.253 e. The number of amides is 1. The second kappa shape index (κ2) is 8.57. The first kappa shape index (κ1) is 19.3. The van der Waals surface area contributed by atoms with Crippen LogP contribution in [0.15, 0.2) is 36.5 Å². The topological polar surface area (TPSA) is 78.9 Å². The normalized spacial score (nSPS) is 17.3. The largest absolute Gasteiger partial charge is 0.378 e. The Morgan fingerprint density at radius 3 is 2.21 bits per heavy atom. The van der Waals surface area contributed by atoms with Crippen molar-refractivity contribution >= 4 is 23.2 Å². The molecular weight excluding hydrogens is 370 g/mol. The summed E-state index contributed by atoms with van der Waals surface area (Å²) in [7, 11) is 0. The van der Waals surface area contributed by atoms with E-state index in [9.17, 15) is 9.59 Å². The maximum Gasteiger partial charge on any atom is 0.253 e. The summed E-state index contributed by atoms with van der Waals surface area (Å²) in [5, 5.41) is 8.47. The minimum atomic E-state index is -0.00657. The highest BCUT2D eigenvalue weighted by Gasteiger charge is 2.24. The van der Waals surface area contributed by atoms with Gasteiger partial charge in [-0.05, 0) is 19.1 Å². The maximum atomic E-state index is 12.8. The molecule has 1 aromatic carbocycles. The van der Waals surface area contributed by atoms with Gasteiger partial charge in [0.25, 0.3) is 5.91 Å². The van der Waals surface area contributed by atoms with Crippen LogP contribution in [0.2, 0.25) is 0 Å². The van der Waals surface area contributed by atoms with Crippen LogP contribution in [0.25, 0.3) is 0 Å². The summed E-state index contributed by atoms with van der Waals surface area (Å²) >= 11 is 0. The van der Waals surface area contributed by atoms with Gasteiger partial charge < -0.3 is 19.4 Å². The van der Waals surface area contributed by atoms with Crippen LogP contribution in [0.3, 0.4) is 0 Å². The van der Waals surface area contributed by atoms with E-state index in [1.807, 2.05) is 4.90 Å². The predicted octanol–water partition coefficient (Wildman–Crippen LogP) is 1.48. The number of carbonyl (C=O) groups excluding carboxylic acids is 2. The lowest BCUT2D eigenvalue weighted by Gasteiger charge is -2.36. The van der Waals surface area contributed by atoms with Gasteiger partial charge in [0.15, 0.2) is 11.6 Å². The first-order chi connectivity index (χ1) is 14.1. The Bertz CT molecular complexity index is 872. The lowest BCUT2D eigenvalue weighted by molar-refractivity contribution is 0.0746. The molecule has 29 heavy (non-hydrogen) atoms. The number of ether oxygens (including phenoxy) is 1. The van der Waals surface area contributed by atoms with Gasteiger partial charge in [-0.25, -0.2) is 0 Å². The van der Waals surface area contributed by atoms with Crippen LogP contribution in [0.5, 0.6) is 0 Å². The number of rotatable bonds is 4. The van der Waals surface area contributed by atoms with E-state index >= 15 is 0 Å². The van der Waals surface area contributed by atoms with Crippen molar-refractivity contribution in [2.24, 2.45) is 0 Å². The van der Waals surface area contributed by atoms with Crippen LogP contribution in [-0.4, -0.2) is 79.3 Å². The Balaban J connectivity index is 1.37. The van der Waals surface area contributed by atoms with Crippen molar-refractivity contribution in [2.75, 3.05) is 62.3 Å². The van der Waals surface area contributed by atoms with Gasteiger partial charge in [-0.1, -0.05) is 12.1 Å². The third-order valence-corrected chi connectivity index (χ3v) is 5.43. The maximum absolute atomic E-state index is 12.8. The minimum absolute atomic E-state index is 0.00182. The van der Waals surface area contributed by atoms with Crippen molar-refractivity contribution in [2.45, 2.75) is 6.92 Å². The van der Waals surface area contributed by atoms with Gasteiger partial charge in [0.1, 0.15) is 0 Å². The summed E-state index contributed by atoms with van der Waals surface area (Å²) in [4.78, 5) is 30.4. The Morgan fingerprint density at radius 1 is 0.897 bits per heavy atom. The van der Waals surface area contributed by atoms with Crippen molar-refractivity contribution < 1.29 is 14.3 Å². The second-order valence-electron chi connectivity index (χ2n) is 7.28. The molecular formula is C21H25N5O3. The molecule has 8 nitrogen and oxygen atoms in total. The highest BCUT2D eigenvalue weighted by Crippen LogP contribution is 2.21. The van der Waals surface area contributed by atoms with Gasteiger partial charge in [-0.15, -0.1) is 5.10 Å². The molecule has 0 spiro atoms. The molecule has 0 bridgehead atoms. The number of piperazine rings is 1. The molecule has 0 N–H and O–H groups in total. The second-order valence-corrected chi connectivity index (χ2v) is 7.28. The minimum Gasteiger partial charge on any atom is -0.378 e. The van der Waals surface area contributed by atoms with Crippen LogP contribution >= 0.6 is 0 Å². The zero-order chi connectivity index (χ0) is 20.2. The van der Waals surface area contributed by atoms with E-state index in [1.54, 1.807) is 30.5 Å². The molecule has 3 heterocycles. The van der Waals surface area contributed by atoms with E-state index in [2.05, 4.69) is 26.1 Å². The fraction of sp³-hybridized carbons (Fsp3) is 0.429. The predicted molar refractivity (Wildman–Crippen MR) is 110 cm³/mol. The number of hydrogen-bond donors (Lipinski definition) is 0. The van der Waals surface area contributed by atoms with Gasteiger partial charge in [0, 0.05) is 56.5 Å². The summed E-state index contributed by atoms with van der Waals surface area (Å²) in [5.41, 5.74) is 2.28. The molecule has 0 saturated carbocycles. The number of anilines is 2. The van der Waals surface area contributed by atoms with Gasteiger partial charge in [0.05, 0.1) is 25.1 Å². The van der Waals surface area contributed by atoms with E-state index in [0.717, 1.165) is 37.8 Å². The summed E-state index contributed by atoms with van der Waals surface area (Å²) < 4.78 is 5.41. The van der Waals surface area contributed by atoms with Crippen molar-refractivity contribution in [1.29, 1.82) is 0 Å². The fourth-order valence-electron chi connectivity index (χ4n) is 3.66. The number of ketones is 1. The van der Waals surface area contributed by atoms with Crippen LogP contribution in [-0.2, 0) is 4.74 Å². The molecule has 1 aromatic heterocycles. The molecule has 0 atom stereocenters. The number of Topliss-reactive ketones (excluding diaryl/α,β-unsaturated/α-hetero) is 1. The third kappa shape index (κ3) is 4.37. The standard InChI is InChI=1S/C21H25N5O3/c1-16(27)17-2-4-18(5-3-17)21(28)26-8-6-25(7-9-26)20-14-19(15-22-23-20)24-10-12-29-13-11-24/h2-5,14-15H,6-13H2,1H3. The molecule has 152 valence electrons. The molecule has 2 aliphatic heterocycles. The van der Waals surface area contributed by atoms with Crippen molar-refractivity contribution in [1.82, 2.24) is 15.1 Å². The van der Waals surface area contributed by atoms with Crippen molar-refractivity contribution in [3.05, 3.63) is 47.7 Å². The summed E-state index contributed by atoms with van der Waals surface area (Å²) in [6, 6.07) is 8.93. The fourth-order valence-corrected chi connectivity index (χ4v) is 3.66. The number of carbonyl (C=O) groups is 2. The SMILES string of the molecule is CC(=O)c1ccc(C(=O)N2CCN(c3cc(N4CCOCC4)cnn3)CC2)cc1. The summed E-state index contributed by atoms with van der Waals surface area (Å²) in [5.74, 6) is 0.831. The highest BCUT2D eigenvalue weighted by atomic mass is 16.5. The van der Waals surface area contributed by atoms with E-state index < -0.39 is 0 Å². The summed E-state index contributed by atoms with van der Waals surface area (Å²) in [6.45, 7) is 7.35. The van der Waals surface area contributed by atoms with Crippen LogP contribution in [0.4, 0.5) is 11.5 Å².